The lowest BCUT2D eigenvalue weighted by atomic mass is 10.0. The van der Waals surface area contributed by atoms with E-state index < -0.39 is 0 Å². The zero-order valence-corrected chi connectivity index (χ0v) is 9.84. The molecule has 0 aliphatic rings. The molecule has 2 aromatic rings. The van der Waals surface area contributed by atoms with Crippen LogP contribution in [0.3, 0.4) is 0 Å². The number of carbonyl (C=O) groups is 1. The number of hydrogen-bond donors (Lipinski definition) is 3. The lowest BCUT2D eigenvalue weighted by molar-refractivity contribution is -0.114. The van der Waals surface area contributed by atoms with Gasteiger partial charge in [0.1, 0.15) is 11.5 Å². The summed E-state index contributed by atoms with van der Waals surface area (Å²) in [6, 6.07) is 11.3. The minimum absolute atomic E-state index is 0.0914. The Morgan fingerprint density at radius 2 is 1.72 bits per heavy atom. The zero-order chi connectivity index (χ0) is 13.1. The Morgan fingerprint density at radius 3 is 2.33 bits per heavy atom. The number of hydrogen-bond acceptors (Lipinski definition) is 3. The van der Waals surface area contributed by atoms with Crippen molar-refractivity contribution in [3.63, 3.8) is 0 Å². The Bertz CT molecular complexity index is 576. The highest BCUT2D eigenvalue weighted by molar-refractivity contribution is 5.89. The fourth-order valence-corrected chi connectivity index (χ4v) is 1.69. The summed E-state index contributed by atoms with van der Waals surface area (Å²) in [5.41, 5.74) is 1.99. The fraction of sp³-hybridized carbons (Fsp3) is 0.0714. The summed E-state index contributed by atoms with van der Waals surface area (Å²) in [5, 5.41) is 21.8. The van der Waals surface area contributed by atoms with Gasteiger partial charge in [-0.3, -0.25) is 4.79 Å². The Labute approximate surface area is 105 Å². The van der Waals surface area contributed by atoms with Gasteiger partial charge in [0, 0.05) is 18.2 Å². The molecule has 0 radical (unpaired) electrons. The van der Waals surface area contributed by atoms with Crippen LogP contribution in [0.15, 0.2) is 42.5 Å². The monoisotopic (exact) mass is 243 g/mol. The second kappa shape index (κ2) is 4.79. The average molecular weight is 243 g/mol. The predicted molar refractivity (Wildman–Crippen MR) is 69.5 cm³/mol. The van der Waals surface area contributed by atoms with E-state index in [-0.39, 0.29) is 17.4 Å². The van der Waals surface area contributed by atoms with Gasteiger partial charge in [-0.05, 0) is 35.9 Å². The smallest absolute Gasteiger partial charge is 0.221 e. The molecule has 2 rings (SSSR count). The number of phenolic OH excluding ortho intramolecular Hbond substituents is 2. The van der Waals surface area contributed by atoms with Crippen molar-refractivity contribution in [1.82, 2.24) is 0 Å². The second-order valence-electron chi connectivity index (χ2n) is 3.96. The van der Waals surface area contributed by atoms with Gasteiger partial charge in [-0.25, -0.2) is 0 Å². The average Bonchev–Trinajstić information content (AvgIpc) is 2.33. The van der Waals surface area contributed by atoms with E-state index in [0.29, 0.717) is 11.3 Å². The van der Waals surface area contributed by atoms with Gasteiger partial charge in [0.05, 0.1) is 0 Å². The van der Waals surface area contributed by atoms with Crippen LogP contribution in [0.25, 0.3) is 11.1 Å². The van der Waals surface area contributed by atoms with Gasteiger partial charge in [-0.15, -0.1) is 0 Å². The number of amides is 1. The van der Waals surface area contributed by atoms with Crippen molar-refractivity contribution in [2.75, 3.05) is 5.32 Å². The van der Waals surface area contributed by atoms with E-state index in [2.05, 4.69) is 5.32 Å². The van der Waals surface area contributed by atoms with Crippen molar-refractivity contribution in [1.29, 1.82) is 0 Å². The zero-order valence-electron chi connectivity index (χ0n) is 9.84. The van der Waals surface area contributed by atoms with Gasteiger partial charge in [0.25, 0.3) is 0 Å². The van der Waals surface area contributed by atoms with Gasteiger partial charge >= 0.3 is 0 Å². The van der Waals surface area contributed by atoms with E-state index >= 15 is 0 Å². The molecule has 0 heterocycles. The van der Waals surface area contributed by atoms with Gasteiger partial charge < -0.3 is 15.5 Å². The number of anilines is 1. The summed E-state index contributed by atoms with van der Waals surface area (Å²) in [6.45, 7) is 1.44. The summed E-state index contributed by atoms with van der Waals surface area (Å²) in [7, 11) is 0. The summed E-state index contributed by atoms with van der Waals surface area (Å²) >= 11 is 0. The van der Waals surface area contributed by atoms with E-state index in [9.17, 15) is 15.0 Å². The molecule has 0 aliphatic carbocycles. The van der Waals surface area contributed by atoms with Crippen molar-refractivity contribution < 1.29 is 15.0 Å². The summed E-state index contributed by atoms with van der Waals surface area (Å²) in [5.74, 6) is 0.0526. The highest BCUT2D eigenvalue weighted by Gasteiger charge is 2.05. The Balaban J connectivity index is 2.34. The number of rotatable bonds is 2. The normalized spacial score (nSPS) is 10.1. The number of nitrogens with one attached hydrogen (secondary N) is 1. The van der Waals surface area contributed by atoms with Crippen LogP contribution in [-0.2, 0) is 4.79 Å². The fourth-order valence-electron chi connectivity index (χ4n) is 1.69. The Kier molecular flexibility index (Phi) is 3.19. The van der Waals surface area contributed by atoms with E-state index in [0.717, 1.165) is 5.56 Å². The number of aromatic hydroxyl groups is 2. The quantitative estimate of drug-likeness (QED) is 0.710. The molecule has 0 saturated carbocycles. The molecule has 3 N–H and O–H groups in total. The summed E-state index contributed by atoms with van der Waals surface area (Å²) in [4.78, 5) is 10.9. The topological polar surface area (TPSA) is 69.6 Å². The standard InChI is InChI=1S/C14H13NO3/c1-9(16)15-11-4-2-10(3-5-11)13-8-12(17)6-7-14(13)18/h2-8,17-18H,1H3,(H,15,16). The molecular formula is C14H13NO3. The van der Waals surface area contributed by atoms with Gasteiger partial charge in [-0.1, -0.05) is 12.1 Å². The van der Waals surface area contributed by atoms with Crippen LogP contribution in [-0.4, -0.2) is 16.1 Å². The van der Waals surface area contributed by atoms with Crippen LogP contribution >= 0.6 is 0 Å². The van der Waals surface area contributed by atoms with Crippen molar-refractivity contribution in [2.24, 2.45) is 0 Å². The molecule has 18 heavy (non-hydrogen) atoms. The minimum atomic E-state index is -0.136. The summed E-state index contributed by atoms with van der Waals surface area (Å²) in [6.07, 6.45) is 0. The maximum absolute atomic E-state index is 10.9. The third-order valence-electron chi connectivity index (χ3n) is 2.50. The largest absolute Gasteiger partial charge is 0.508 e. The molecule has 0 spiro atoms. The summed E-state index contributed by atoms with van der Waals surface area (Å²) < 4.78 is 0. The van der Waals surface area contributed by atoms with Crippen LogP contribution in [0.2, 0.25) is 0 Å². The van der Waals surface area contributed by atoms with Crippen LogP contribution in [0.1, 0.15) is 6.92 Å². The molecule has 0 atom stereocenters. The maximum Gasteiger partial charge on any atom is 0.221 e. The van der Waals surface area contributed by atoms with E-state index in [4.69, 9.17) is 0 Å². The molecule has 0 bridgehead atoms. The van der Waals surface area contributed by atoms with Crippen molar-refractivity contribution in [2.45, 2.75) is 6.92 Å². The first-order valence-corrected chi connectivity index (χ1v) is 5.46. The van der Waals surface area contributed by atoms with Gasteiger partial charge in [0.15, 0.2) is 0 Å². The Hall–Kier alpha value is -2.49. The molecule has 0 fully saturated rings. The van der Waals surface area contributed by atoms with Crippen molar-refractivity contribution >= 4 is 11.6 Å². The highest BCUT2D eigenvalue weighted by atomic mass is 16.3. The minimum Gasteiger partial charge on any atom is -0.508 e. The molecule has 4 nitrogen and oxygen atoms in total. The maximum atomic E-state index is 10.9. The molecular weight excluding hydrogens is 230 g/mol. The lowest BCUT2D eigenvalue weighted by Gasteiger charge is -2.07. The molecule has 2 aromatic carbocycles. The third-order valence-corrected chi connectivity index (χ3v) is 2.50. The SMILES string of the molecule is CC(=O)Nc1ccc(-c2cc(O)ccc2O)cc1. The predicted octanol–water partition coefficient (Wildman–Crippen LogP) is 2.72. The molecule has 4 heteroatoms. The molecule has 0 aliphatic heterocycles. The van der Waals surface area contributed by atoms with Crippen LogP contribution < -0.4 is 5.32 Å². The first-order chi connectivity index (χ1) is 8.56. The number of benzene rings is 2. The van der Waals surface area contributed by atoms with Crippen LogP contribution in [0.4, 0.5) is 5.69 Å². The van der Waals surface area contributed by atoms with Crippen LogP contribution in [0, 0.1) is 0 Å². The van der Waals surface area contributed by atoms with Gasteiger partial charge in [-0.2, -0.15) is 0 Å². The van der Waals surface area contributed by atoms with Crippen molar-refractivity contribution in [3.8, 4) is 22.6 Å². The van der Waals surface area contributed by atoms with E-state index in [1.165, 1.54) is 25.1 Å². The molecule has 0 aromatic heterocycles. The first-order valence-electron chi connectivity index (χ1n) is 5.46. The molecule has 92 valence electrons. The molecule has 1 amide bonds. The van der Waals surface area contributed by atoms with Gasteiger partial charge in [0.2, 0.25) is 5.91 Å². The second-order valence-corrected chi connectivity index (χ2v) is 3.96. The lowest BCUT2D eigenvalue weighted by Crippen LogP contribution is -2.05. The highest BCUT2D eigenvalue weighted by Crippen LogP contribution is 2.32. The van der Waals surface area contributed by atoms with Crippen LogP contribution in [0.5, 0.6) is 11.5 Å². The van der Waals surface area contributed by atoms with E-state index in [1.54, 1.807) is 24.3 Å². The first kappa shape index (κ1) is 12.0. The Morgan fingerprint density at radius 1 is 1.06 bits per heavy atom. The number of phenols is 2. The third kappa shape index (κ3) is 2.60. The van der Waals surface area contributed by atoms with Crippen molar-refractivity contribution in [3.05, 3.63) is 42.5 Å². The molecule has 0 unspecified atom stereocenters. The van der Waals surface area contributed by atoms with E-state index in [1.807, 2.05) is 0 Å². The number of carbonyl (C=O) groups excluding carboxylic acids is 1. The molecule has 0 saturated heterocycles.